The summed E-state index contributed by atoms with van der Waals surface area (Å²) in [6, 6.07) is 5.99. The van der Waals surface area contributed by atoms with Crippen LogP contribution in [0.4, 0.5) is 0 Å². The molecule has 0 fully saturated rings. The van der Waals surface area contributed by atoms with E-state index in [2.05, 4.69) is 15.9 Å². The molecule has 0 aliphatic carbocycles. The van der Waals surface area contributed by atoms with Crippen LogP contribution in [0, 0.1) is 6.92 Å². The zero-order chi connectivity index (χ0) is 12.6. The second-order valence-electron chi connectivity index (χ2n) is 4.32. The number of fused-ring (bicyclic) bond motifs is 1. The predicted molar refractivity (Wildman–Crippen MR) is 71.0 cm³/mol. The number of hydrogen-bond donors (Lipinski definition) is 0. The van der Waals surface area contributed by atoms with Gasteiger partial charge in [-0.15, -0.1) is 0 Å². The molecule has 90 valence electrons. The van der Waals surface area contributed by atoms with Gasteiger partial charge in [0.05, 0.1) is 6.42 Å². The van der Waals surface area contributed by atoms with Gasteiger partial charge in [-0.25, -0.2) is 0 Å². The first-order valence-electron chi connectivity index (χ1n) is 5.36. The third kappa shape index (κ3) is 2.36. The summed E-state index contributed by atoms with van der Waals surface area (Å²) in [6.45, 7) is 2.01. The Morgan fingerprint density at radius 1 is 1.41 bits per heavy atom. The molecule has 0 aliphatic rings. The molecule has 0 radical (unpaired) electrons. The Morgan fingerprint density at radius 2 is 2.12 bits per heavy atom. The van der Waals surface area contributed by atoms with Crippen molar-refractivity contribution >= 4 is 32.8 Å². The minimum Gasteiger partial charge on any atom is -0.449 e. The van der Waals surface area contributed by atoms with Gasteiger partial charge in [0, 0.05) is 25.0 Å². The van der Waals surface area contributed by atoms with E-state index in [1.165, 1.54) is 0 Å². The number of aryl methyl sites for hydroxylation is 1. The number of amides is 1. The number of rotatable bonds is 2. The van der Waals surface area contributed by atoms with Gasteiger partial charge >= 0.3 is 0 Å². The molecular formula is C13H14BrNO2. The maximum absolute atomic E-state index is 11.7. The van der Waals surface area contributed by atoms with Crippen molar-refractivity contribution in [2.75, 3.05) is 14.1 Å². The second kappa shape index (κ2) is 4.53. The Kier molecular flexibility index (Phi) is 3.24. The van der Waals surface area contributed by atoms with E-state index in [9.17, 15) is 4.79 Å². The van der Waals surface area contributed by atoms with Gasteiger partial charge < -0.3 is 9.32 Å². The monoisotopic (exact) mass is 295 g/mol. The topological polar surface area (TPSA) is 33.5 Å². The fourth-order valence-corrected chi connectivity index (χ4v) is 2.23. The second-order valence-corrected chi connectivity index (χ2v) is 5.04. The number of nitrogens with zero attached hydrogens (tertiary/aromatic N) is 1. The molecule has 0 unspecified atom stereocenters. The Bertz CT molecular complexity index is 572. The van der Waals surface area contributed by atoms with E-state index >= 15 is 0 Å². The zero-order valence-electron chi connectivity index (χ0n) is 10.1. The normalized spacial score (nSPS) is 10.8. The van der Waals surface area contributed by atoms with Crippen LogP contribution in [0.5, 0.6) is 0 Å². The van der Waals surface area contributed by atoms with Gasteiger partial charge in [0.2, 0.25) is 5.91 Å². The smallest absolute Gasteiger partial charge is 0.226 e. The van der Waals surface area contributed by atoms with E-state index in [1.54, 1.807) is 19.0 Å². The first-order chi connectivity index (χ1) is 7.99. The van der Waals surface area contributed by atoms with Crippen LogP contribution in [0.1, 0.15) is 11.1 Å². The highest BCUT2D eigenvalue weighted by molar-refractivity contribution is 9.10. The van der Waals surface area contributed by atoms with Gasteiger partial charge in [-0.2, -0.15) is 0 Å². The Labute approximate surface area is 109 Å². The summed E-state index contributed by atoms with van der Waals surface area (Å²) in [5, 5.41) is 0.998. The molecule has 0 spiro atoms. The summed E-state index contributed by atoms with van der Waals surface area (Å²) >= 11 is 3.37. The highest BCUT2D eigenvalue weighted by atomic mass is 79.9. The van der Waals surface area contributed by atoms with Crippen molar-refractivity contribution in [1.82, 2.24) is 4.90 Å². The van der Waals surface area contributed by atoms with E-state index in [0.717, 1.165) is 22.1 Å². The molecule has 0 saturated heterocycles. The molecule has 0 saturated carbocycles. The molecule has 4 heteroatoms. The van der Waals surface area contributed by atoms with Crippen LogP contribution in [0.25, 0.3) is 11.0 Å². The van der Waals surface area contributed by atoms with Gasteiger partial charge in [-0.3, -0.25) is 4.79 Å². The molecule has 2 rings (SSSR count). The van der Waals surface area contributed by atoms with Crippen molar-refractivity contribution in [2.45, 2.75) is 13.3 Å². The molecule has 0 aliphatic heterocycles. The Hall–Kier alpha value is -1.29. The van der Waals surface area contributed by atoms with Crippen LogP contribution in [0.2, 0.25) is 0 Å². The average molecular weight is 296 g/mol. The summed E-state index contributed by atoms with van der Waals surface area (Å²) in [5.41, 5.74) is 2.88. The van der Waals surface area contributed by atoms with Crippen LogP contribution in [-0.2, 0) is 11.2 Å². The molecule has 17 heavy (non-hydrogen) atoms. The quantitative estimate of drug-likeness (QED) is 0.853. The van der Waals surface area contributed by atoms with Crippen molar-refractivity contribution < 1.29 is 9.21 Å². The summed E-state index contributed by atoms with van der Waals surface area (Å²) < 4.78 is 6.25. The van der Waals surface area contributed by atoms with Crippen molar-refractivity contribution in [3.8, 4) is 0 Å². The molecule has 2 aromatic rings. The summed E-state index contributed by atoms with van der Waals surface area (Å²) in [4.78, 5) is 13.3. The number of carbonyl (C=O) groups is 1. The van der Waals surface area contributed by atoms with Gasteiger partial charge in [-0.1, -0.05) is 12.1 Å². The fraction of sp³-hybridized carbons (Fsp3) is 0.308. The van der Waals surface area contributed by atoms with E-state index in [-0.39, 0.29) is 5.91 Å². The predicted octanol–water partition coefficient (Wildman–Crippen LogP) is 3.13. The van der Waals surface area contributed by atoms with Crippen LogP contribution in [0.3, 0.4) is 0 Å². The van der Waals surface area contributed by atoms with Gasteiger partial charge in [-0.05, 0) is 34.5 Å². The van der Waals surface area contributed by atoms with Crippen molar-refractivity contribution in [1.29, 1.82) is 0 Å². The van der Waals surface area contributed by atoms with E-state index < -0.39 is 0 Å². The summed E-state index contributed by atoms with van der Waals surface area (Å²) in [5.74, 6) is 0.0639. The molecular weight excluding hydrogens is 282 g/mol. The van der Waals surface area contributed by atoms with Gasteiger partial charge in [0.1, 0.15) is 5.58 Å². The van der Waals surface area contributed by atoms with Crippen molar-refractivity contribution in [2.24, 2.45) is 0 Å². The van der Waals surface area contributed by atoms with E-state index in [0.29, 0.717) is 11.1 Å². The molecule has 1 amide bonds. The Balaban J connectivity index is 2.46. The van der Waals surface area contributed by atoms with Crippen molar-refractivity contribution in [3.63, 3.8) is 0 Å². The lowest BCUT2D eigenvalue weighted by Crippen LogP contribution is -2.23. The van der Waals surface area contributed by atoms with Crippen molar-refractivity contribution in [3.05, 3.63) is 34.0 Å². The lowest BCUT2D eigenvalue weighted by Gasteiger charge is -2.09. The van der Waals surface area contributed by atoms with E-state index in [1.807, 2.05) is 25.1 Å². The third-order valence-electron chi connectivity index (χ3n) is 2.73. The SMILES string of the molecule is Cc1ccc2c(CC(=O)N(C)C)c(Br)oc2c1. The number of halogens is 1. The lowest BCUT2D eigenvalue weighted by molar-refractivity contribution is -0.127. The van der Waals surface area contributed by atoms with Crippen LogP contribution in [0.15, 0.2) is 27.3 Å². The maximum Gasteiger partial charge on any atom is 0.226 e. The Morgan fingerprint density at radius 3 is 2.76 bits per heavy atom. The van der Waals surface area contributed by atoms with Crippen LogP contribution >= 0.6 is 15.9 Å². The number of likely N-dealkylation sites (N-methyl/N-ethyl adjacent to an activating group) is 1. The average Bonchev–Trinajstić information content (AvgIpc) is 2.54. The molecule has 0 atom stereocenters. The number of hydrogen-bond acceptors (Lipinski definition) is 2. The molecule has 1 aromatic carbocycles. The third-order valence-corrected chi connectivity index (χ3v) is 3.37. The first kappa shape index (κ1) is 12.2. The summed E-state index contributed by atoms with van der Waals surface area (Å²) in [7, 11) is 3.51. The molecule has 1 heterocycles. The number of benzene rings is 1. The van der Waals surface area contributed by atoms with Gasteiger partial charge in [0.25, 0.3) is 0 Å². The van der Waals surface area contributed by atoms with E-state index in [4.69, 9.17) is 4.42 Å². The number of furan rings is 1. The molecule has 0 N–H and O–H groups in total. The first-order valence-corrected chi connectivity index (χ1v) is 6.16. The molecule has 1 aromatic heterocycles. The van der Waals surface area contributed by atoms with Gasteiger partial charge in [0.15, 0.2) is 4.67 Å². The number of carbonyl (C=O) groups excluding carboxylic acids is 1. The zero-order valence-corrected chi connectivity index (χ0v) is 11.7. The highest BCUT2D eigenvalue weighted by Gasteiger charge is 2.16. The largest absolute Gasteiger partial charge is 0.449 e. The summed E-state index contributed by atoms with van der Waals surface area (Å²) in [6.07, 6.45) is 0.351. The van der Waals surface area contributed by atoms with Crippen LogP contribution < -0.4 is 0 Å². The molecule has 3 nitrogen and oxygen atoms in total. The lowest BCUT2D eigenvalue weighted by atomic mass is 10.1. The standard InChI is InChI=1S/C13H14BrNO2/c1-8-4-5-9-10(7-12(16)15(2)3)13(14)17-11(9)6-8/h4-6H,7H2,1-3H3. The van der Waals surface area contributed by atoms with Crippen LogP contribution in [-0.4, -0.2) is 24.9 Å². The maximum atomic E-state index is 11.7. The molecule has 0 bridgehead atoms. The minimum atomic E-state index is 0.0639. The highest BCUT2D eigenvalue weighted by Crippen LogP contribution is 2.31. The fourth-order valence-electron chi connectivity index (χ4n) is 1.70. The minimum absolute atomic E-state index is 0.0639.